The molecular weight excluding hydrogens is 370 g/mol. The number of aliphatic imine (C=N–C) groups is 1. The smallest absolute Gasteiger partial charge is 0.191 e. The molecule has 0 unspecified atom stereocenters. The van der Waals surface area contributed by atoms with E-state index in [9.17, 15) is 4.79 Å². The van der Waals surface area contributed by atoms with Gasteiger partial charge in [-0.3, -0.25) is 14.7 Å². The monoisotopic (exact) mass is 399 g/mol. The quantitative estimate of drug-likeness (QED) is 0.463. The number of H-pyrrole nitrogens is 1. The van der Waals surface area contributed by atoms with Crippen LogP contribution in [-0.2, 0) is 4.74 Å². The molecule has 2 heterocycles. The van der Waals surface area contributed by atoms with Crippen molar-refractivity contribution >= 4 is 22.6 Å². The number of aromatic nitrogens is 1. The lowest BCUT2D eigenvalue weighted by Gasteiger charge is -2.26. The van der Waals surface area contributed by atoms with E-state index in [1.165, 1.54) is 6.07 Å². The number of nitrogens with two attached hydrogens (primary N) is 1. The van der Waals surface area contributed by atoms with Gasteiger partial charge in [0.15, 0.2) is 5.43 Å². The molecule has 8 nitrogen and oxygen atoms in total. The predicted octanol–water partition coefficient (Wildman–Crippen LogP) is 1.93. The zero-order valence-corrected chi connectivity index (χ0v) is 17.0. The zero-order chi connectivity index (χ0) is 20.6. The van der Waals surface area contributed by atoms with Crippen LogP contribution in [0.4, 0.5) is 5.82 Å². The van der Waals surface area contributed by atoms with E-state index >= 15 is 0 Å². The molecule has 0 aliphatic carbocycles. The van der Waals surface area contributed by atoms with E-state index in [0.29, 0.717) is 29.2 Å². The number of rotatable bonds is 8. The normalized spacial score (nSPS) is 16.0. The van der Waals surface area contributed by atoms with Crippen LogP contribution in [0.1, 0.15) is 13.8 Å². The molecule has 29 heavy (non-hydrogen) atoms. The molecule has 0 bridgehead atoms. The molecular formula is C21H29N5O3. The second kappa shape index (κ2) is 10.1. The van der Waals surface area contributed by atoms with Gasteiger partial charge in [0.2, 0.25) is 0 Å². The lowest BCUT2D eigenvalue weighted by molar-refractivity contribution is 0.0322. The van der Waals surface area contributed by atoms with Crippen LogP contribution in [0.2, 0.25) is 0 Å². The van der Waals surface area contributed by atoms with Gasteiger partial charge in [-0.25, -0.2) is 0 Å². The first kappa shape index (κ1) is 20.9. The van der Waals surface area contributed by atoms with Crippen LogP contribution >= 0.6 is 0 Å². The average Bonchev–Trinajstić information content (AvgIpc) is 2.68. The molecule has 8 heteroatoms. The van der Waals surface area contributed by atoms with E-state index in [1.807, 2.05) is 26.0 Å². The zero-order valence-electron chi connectivity index (χ0n) is 17.0. The van der Waals surface area contributed by atoms with Crippen molar-refractivity contribution in [1.82, 2.24) is 9.88 Å². The van der Waals surface area contributed by atoms with Crippen molar-refractivity contribution in [2.24, 2.45) is 10.7 Å². The molecule has 4 N–H and O–H groups in total. The number of amidine groups is 1. The molecule has 2 aromatic rings. The summed E-state index contributed by atoms with van der Waals surface area (Å²) in [6.45, 7) is 8.76. The summed E-state index contributed by atoms with van der Waals surface area (Å²) in [6.07, 6.45) is 3.31. The van der Waals surface area contributed by atoms with Crippen LogP contribution in [0.3, 0.4) is 0 Å². The summed E-state index contributed by atoms with van der Waals surface area (Å²) in [5.74, 6) is 1.72. The summed E-state index contributed by atoms with van der Waals surface area (Å²) in [4.78, 5) is 22.1. The van der Waals surface area contributed by atoms with Gasteiger partial charge in [0.25, 0.3) is 0 Å². The number of anilines is 1. The Labute approximate surface area is 170 Å². The van der Waals surface area contributed by atoms with E-state index in [4.69, 9.17) is 15.2 Å². The van der Waals surface area contributed by atoms with Gasteiger partial charge in [0.1, 0.15) is 24.0 Å². The Balaban J connectivity index is 1.65. The van der Waals surface area contributed by atoms with E-state index in [2.05, 4.69) is 20.2 Å². The van der Waals surface area contributed by atoms with E-state index in [-0.39, 0.29) is 11.5 Å². The largest absolute Gasteiger partial charge is 0.492 e. The second-order valence-corrected chi connectivity index (χ2v) is 7.18. The Morgan fingerprint density at radius 2 is 2.17 bits per heavy atom. The molecule has 0 saturated carbocycles. The maximum Gasteiger partial charge on any atom is 0.191 e. The molecule has 1 aliphatic heterocycles. The highest BCUT2D eigenvalue weighted by Gasteiger charge is 2.10. The van der Waals surface area contributed by atoms with Gasteiger partial charge in [-0.1, -0.05) is 0 Å². The van der Waals surface area contributed by atoms with E-state index < -0.39 is 0 Å². The molecule has 1 aromatic carbocycles. The van der Waals surface area contributed by atoms with Crippen LogP contribution in [0, 0.1) is 0 Å². The SMILES string of the molecule is CC(C)N=C(N)/C=C\Nc1cc(=O)c2ccc(OCCN3CCOCC3)cc2[nH]1. The lowest BCUT2D eigenvalue weighted by atomic mass is 10.2. The number of hydrogen-bond acceptors (Lipinski definition) is 6. The maximum atomic E-state index is 12.4. The van der Waals surface area contributed by atoms with Crippen molar-refractivity contribution in [3.05, 3.63) is 46.8 Å². The Morgan fingerprint density at radius 1 is 1.38 bits per heavy atom. The summed E-state index contributed by atoms with van der Waals surface area (Å²) in [5.41, 5.74) is 6.44. The molecule has 3 rings (SSSR count). The molecule has 0 amide bonds. The van der Waals surface area contributed by atoms with Crippen LogP contribution in [0.25, 0.3) is 10.9 Å². The lowest BCUT2D eigenvalue weighted by Crippen LogP contribution is -2.38. The Morgan fingerprint density at radius 3 is 2.93 bits per heavy atom. The summed E-state index contributed by atoms with van der Waals surface area (Å²) >= 11 is 0. The van der Waals surface area contributed by atoms with Crippen molar-refractivity contribution in [2.75, 3.05) is 44.8 Å². The minimum atomic E-state index is -0.0710. The first-order valence-electron chi connectivity index (χ1n) is 9.87. The minimum Gasteiger partial charge on any atom is -0.492 e. The van der Waals surface area contributed by atoms with Crippen molar-refractivity contribution in [3.63, 3.8) is 0 Å². The summed E-state index contributed by atoms with van der Waals surface area (Å²) in [7, 11) is 0. The molecule has 1 aromatic heterocycles. The highest BCUT2D eigenvalue weighted by atomic mass is 16.5. The Kier molecular flexibility index (Phi) is 7.26. The first-order chi connectivity index (χ1) is 14.0. The van der Waals surface area contributed by atoms with Crippen molar-refractivity contribution in [3.8, 4) is 5.75 Å². The number of hydrogen-bond donors (Lipinski definition) is 3. The van der Waals surface area contributed by atoms with Gasteiger partial charge in [-0.2, -0.15) is 0 Å². The van der Waals surface area contributed by atoms with Gasteiger partial charge in [-0.05, 0) is 32.1 Å². The fourth-order valence-electron chi connectivity index (χ4n) is 3.07. The molecule has 0 atom stereocenters. The number of fused-ring (bicyclic) bond motifs is 1. The topological polar surface area (TPSA) is 105 Å². The first-order valence-corrected chi connectivity index (χ1v) is 9.87. The second-order valence-electron chi connectivity index (χ2n) is 7.18. The molecule has 156 valence electrons. The standard InChI is InChI=1S/C21H29N5O3/c1-15(2)24-20(22)5-6-23-21-14-19(27)17-4-3-16(13-18(17)25-21)29-12-9-26-7-10-28-11-8-26/h3-6,13-15H,7-12H2,1-2H3,(H2,22,24)(H2,23,25,27)/b6-5-. The van der Waals surface area contributed by atoms with Crippen LogP contribution in [-0.4, -0.2) is 61.2 Å². The van der Waals surface area contributed by atoms with Crippen LogP contribution in [0.15, 0.2) is 46.3 Å². The van der Waals surface area contributed by atoms with E-state index in [0.717, 1.165) is 38.6 Å². The third-order valence-corrected chi connectivity index (χ3v) is 4.48. The summed E-state index contributed by atoms with van der Waals surface area (Å²) < 4.78 is 11.2. The number of benzene rings is 1. The third-order valence-electron chi connectivity index (χ3n) is 4.48. The number of nitrogens with zero attached hydrogens (tertiary/aromatic N) is 2. The van der Waals surface area contributed by atoms with Crippen LogP contribution < -0.4 is 21.2 Å². The van der Waals surface area contributed by atoms with Gasteiger partial charge < -0.3 is 25.5 Å². The van der Waals surface area contributed by atoms with Crippen molar-refractivity contribution in [2.45, 2.75) is 19.9 Å². The number of aromatic amines is 1. The minimum absolute atomic E-state index is 0.0710. The number of morpholine rings is 1. The molecule has 0 spiro atoms. The predicted molar refractivity (Wildman–Crippen MR) is 117 cm³/mol. The fourth-order valence-corrected chi connectivity index (χ4v) is 3.07. The molecule has 0 radical (unpaired) electrons. The number of nitrogens with one attached hydrogen (secondary N) is 2. The third kappa shape index (κ3) is 6.33. The molecule has 1 aliphatic rings. The Hall–Kier alpha value is -2.84. The maximum absolute atomic E-state index is 12.4. The Bertz CT molecular complexity index is 930. The van der Waals surface area contributed by atoms with E-state index in [1.54, 1.807) is 18.3 Å². The van der Waals surface area contributed by atoms with Crippen molar-refractivity contribution < 1.29 is 9.47 Å². The highest BCUT2D eigenvalue weighted by Crippen LogP contribution is 2.18. The van der Waals surface area contributed by atoms with Crippen LogP contribution in [0.5, 0.6) is 5.75 Å². The highest BCUT2D eigenvalue weighted by molar-refractivity contribution is 5.91. The fraction of sp³-hybridized carbons (Fsp3) is 0.429. The van der Waals surface area contributed by atoms with Gasteiger partial charge in [-0.15, -0.1) is 0 Å². The number of pyridine rings is 1. The van der Waals surface area contributed by atoms with Crippen molar-refractivity contribution in [1.29, 1.82) is 0 Å². The summed E-state index contributed by atoms with van der Waals surface area (Å²) in [5, 5.41) is 3.64. The molecule has 1 saturated heterocycles. The van der Waals surface area contributed by atoms with Gasteiger partial charge >= 0.3 is 0 Å². The average molecular weight is 399 g/mol. The molecule has 1 fully saturated rings. The number of ether oxygens (including phenoxy) is 2. The summed E-state index contributed by atoms with van der Waals surface area (Å²) in [6, 6.07) is 7.10. The van der Waals surface area contributed by atoms with Gasteiger partial charge in [0, 0.05) is 49.4 Å². The van der Waals surface area contributed by atoms with Gasteiger partial charge in [0.05, 0.1) is 18.7 Å².